The van der Waals surface area contributed by atoms with E-state index in [-0.39, 0.29) is 30.5 Å². The summed E-state index contributed by atoms with van der Waals surface area (Å²) in [4.78, 5) is 11.4. The van der Waals surface area contributed by atoms with Crippen molar-refractivity contribution in [1.82, 2.24) is 0 Å². The number of rotatable bonds is 11. The Labute approximate surface area is 130 Å². The van der Waals surface area contributed by atoms with Crippen LogP contribution >= 0.6 is 0 Å². The maximum absolute atomic E-state index is 11.4. The molecule has 0 aliphatic carbocycles. The van der Waals surface area contributed by atoms with Gasteiger partial charge in [-0.15, -0.1) is 0 Å². The number of ketones is 1. The first-order valence-corrected chi connectivity index (χ1v) is 7.97. The van der Waals surface area contributed by atoms with Crippen molar-refractivity contribution in [3.05, 3.63) is 0 Å². The molecule has 0 amide bonds. The highest BCUT2D eigenvalue weighted by atomic mass is 16.6. The average Bonchev–Trinajstić information content (AvgIpc) is 2.35. The summed E-state index contributed by atoms with van der Waals surface area (Å²) in [6, 6.07) is 0. The van der Waals surface area contributed by atoms with E-state index in [4.69, 9.17) is 14.2 Å². The third-order valence-electron chi connectivity index (χ3n) is 3.39. The molecule has 0 aromatic heterocycles. The van der Waals surface area contributed by atoms with E-state index in [2.05, 4.69) is 20.8 Å². The Morgan fingerprint density at radius 2 is 1.43 bits per heavy atom. The van der Waals surface area contributed by atoms with E-state index in [1.165, 1.54) is 0 Å². The Morgan fingerprint density at radius 3 is 1.90 bits per heavy atom. The summed E-state index contributed by atoms with van der Waals surface area (Å²) in [6.45, 7) is 16.2. The third-order valence-corrected chi connectivity index (χ3v) is 3.39. The molecule has 0 aromatic rings. The first-order valence-electron chi connectivity index (χ1n) is 7.97. The van der Waals surface area contributed by atoms with Crippen molar-refractivity contribution in [1.29, 1.82) is 0 Å². The predicted octanol–water partition coefficient (Wildman–Crippen LogP) is 3.47. The van der Waals surface area contributed by atoms with Crippen LogP contribution in [0, 0.1) is 11.3 Å². The normalized spacial score (nSPS) is 15.2. The lowest BCUT2D eigenvalue weighted by molar-refractivity contribution is -0.127. The van der Waals surface area contributed by atoms with Crippen molar-refractivity contribution in [2.24, 2.45) is 11.3 Å². The Hall–Kier alpha value is -0.450. The summed E-state index contributed by atoms with van der Waals surface area (Å²) in [5, 5.41) is 0. The Bertz CT molecular complexity index is 281. The van der Waals surface area contributed by atoms with E-state index in [9.17, 15) is 4.79 Å². The van der Waals surface area contributed by atoms with Gasteiger partial charge in [-0.1, -0.05) is 34.6 Å². The first-order chi connectivity index (χ1) is 9.63. The minimum absolute atomic E-state index is 0.0226. The highest BCUT2D eigenvalue weighted by Gasteiger charge is 2.15. The lowest BCUT2D eigenvalue weighted by atomic mass is 9.93. The van der Waals surface area contributed by atoms with Gasteiger partial charge in [0.05, 0.1) is 25.4 Å². The number of hydrogen-bond donors (Lipinski definition) is 0. The molecule has 0 rings (SSSR count). The van der Waals surface area contributed by atoms with Gasteiger partial charge in [-0.05, 0) is 25.7 Å². The molecular weight excluding hydrogens is 268 g/mol. The zero-order chi connectivity index (χ0) is 16.5. The first kappa shape index (κ1) is 20.6. The minimum atomic E-state index is 0.0226. The fourth-order valence-corrected chi connectivity index (χ4v) is 1.45. The van der Waals surface area contributed by atoms with E-state index in [0.717, 1.165) is 13.0 Å². The number of carbonyl (C=O) groups excluding carboxylic acids is 1. The Kier molecular flexibility index (Phi) is 10.1. The van der Waals surface area contributed by atoms with Crippen molar-refractivity contribution in [3.8, 4) is 0 Å². The van der Waals surface area contributed by atoms with Crippen LogP contribution in [0.5, 0.6) is 0 Å². The maximum Gasteiger partial charge on any atom is 0.160 e. The van der Waals surface area contributed by atoms with Crippen LogP contribution in [0.1, 0.15) is 54.9 Å². The van der Waals surface area contributed by atoms with E-state index < -0.39 is 0 Å². The van der Waals surface area contributed by atoms with Gasteiger partial charge in [0, 0.05) is 12.5 Å². The van der Waals surface area contributed by atoms with Gasteiger partial charge in [-0.25, -0.2) is 0 Å². The van der Waals surface area contributed by atoms with Gasteiger partial charge in [0.15, 0.2) is 5.78 Å². The predicted molar refractivity (Wildman–Crippen MR) is 85.6 cm³/mol. The Balaban J connectivity index is 3.64. The molecule has 4 nitrogen and oxygen atoms in total. The topological polar surface area (TPSA) is 44.8 Å². The second-order valence-corrected chi connectivity index (χ2v) is 7.14. The fourth-order valence-electron chi connectivity index (χ4n) is 1.45. The average molecular weight is 302 g/mol. The lowest BCUT2D eigenvalue weighted by Gasteiger charge is -2.24. The smallest absolute Gasteiger partial charge is 0.160 e. The zero-order valence-corrected chi connectivity index (χ0v) is 14.9. The summed E-state index contributed by atoms with van der Waals surface area (Å²) >= 11 is 0. The van der Waals surface area contributed by atoms with Crippen molar-refractivity contribution < 1.29 is 19.0 Å². The molecular formula is C17H34O4. The minimum Gasteiger partial charge on any atom is -0.376 e. The molecule has 0 bridgehead atoms. The second-order valence-electron chi connectivity index (χ2n) is 7.14. The van der Waals surface area contributed by atoms with E-state index in [1.54, 1.807) is 0 Å². The lowest BCUT2D eigenvalue weighted by Crippen LogP contribution is -2.29. The summed E-state index contributed by atoms with van der Waals surface area (Å²) in [5.41, 5.74) is 0.292. The van der Waals surface area contributed by atoms with Crippen molar-refractivity contribution in [2.75, 3.05) is 26.4 Å². The van der Waals surface area contributed by atoms with Crippen molar-refractivity contribution >= 4 is 5.78 Å². The molecule has 0 radical (unpaired) electrons. The molecule has 0 aliphatic heterocycles. The fraction of sp³-hybridized carbons (Fsp3) is 0.941. The molecule has 4 heteroatoms. The second kappa shape index (κ2) is 10.3. The van der Waals surface area contributed by atoms with Crippen molar-refractivity contribution in [2.45, 2.75) is 67.1 Å². The summed E-state index contributed by atoms with van der Waals surface area (Å²) < 4.78 is 16.8. The molecule has 0 unspecified atom stereocenters. The SMILES string of the molecule is CC(C)C(=O)COCCO[C@@H](C)[C@H](C)OCCC(C)(C)C. The highest BCUT2D eigenvalue weighted by molar-refractivity contribution is 5.81. The van der Waals surface area contributed by atoms with E-state index in [1.807, 2.05) is 27.7 Å². The molecule has 2 atom stereocenters. The monoisotopic (exact) mass is 302 g/mol. The standard InChI is InChI=1S/C17H34O4/c1-13(2)16(18)12-19-10-11-21-15(4)14(3)20-9-8-17(5,6)7/h13-15H,8-12H2,1-7H3/t14-,15-/m0/s1. The van der Waals surface area contributed by atoms with Gasteiger partial charge in [-0.3, -0.25) is 4.79 Å². The van der Waals surface area contributed by atoms with Crippen LogP contribution in [0.15, 0.2) is 0 Å². The van der Waals surface area contributed by atoms with Gasteiger partial charge in [0.2, 0.25) is 0 Å². The number of Topliss-reactive ketones (excluding diaryl/α,β-unsaturated/α-hetero) is 1. The zero-order valence-electron chi connectivity index (χ0n) is 14.9. The maximum atomic E-state index is 11.4. The molecule has 0 N–H and O–H groups in total. The number of hydrogen-bond acceptors (Lipinski definition) is 4. The largest absolute Gasteiger partial charge is 0.376 e. The Morgan fingerprint density at radius 1 is 0.905 bits per heavy atom. The van der Waals surface area contributed by atoms with Crippen LogP contribution in [0.4, 0.5) is 0 Å². The summed E-state index contributed by atoms with van der Waals surface area (Å²) in [7, 11) is 0. The molecule has 0 fully saturated rings. The summed E-state index contributed by atoms with van der Waals surface area (Å²) in [6.07, 6.45) is 1.11. The molecule has 0 aromatic carbocycles. The molecule has 21 heavy (non-hydrogen) atoms. The molecule has 0 aliphatic rings. The molecule has 0 heterocycles. The molecule has 0 saturated carbocycles. The molecule has 0 saturated heterocycles. The van der Waals surface area contributed by atoms with Crippen LogP contribution in [0.3, 0.4) is 0 Å². The van der Waals surface area contributed by atoms with Crippen LogP contribution in [0.2, 0.25) is 0 Å². The van der Waals surface area contributed by atoms with Crippen LogP contribution in [-0.2, 0) is 19.0 Å². The van der Waals surface area contributed by atoms with Crippen LogP contribution < -0.4 is 0 Å². The molecule has 0 spiro atoms. The van der Waals surface area contributed by atoms with E-state index in [0.29, 0.717) is 18.6 Å². The van der Waals surface area contributed by atoms with Gasteiger partial charge in [-0.2, -0.15) is 0 Å². The molecule has 126 valence electrons. The highest BCUT2D eigenvalue weighted by Crippen LogP contribution is 2.18. The summed E-state index contributed by atoms with van der Waals surface area (Å²) in [5.74, 6) is 0.156. The van der Waals surface area contributed by atoms with Crippen molar-refractivity contribution in [3.63, 3.8) is 0 Å². The van der Waals surface area contributed by atoms with E-state index >= 15 is 0 Å². The van der Waals surface area contributed by atoms with Gasteiger partial charge < -0.3 is 14.2 Å². The van der Waals surface area contributed by atoms with Gasteiger partial charge in [0.25, 0.3) is 0 Å². The van der Waals surface area contributed by atoms with Gasteiger partial charge >= 0.3 is 0 Å². The van der Waals surface area contributed by atoms with Crippen LogP contribution in [0.25, 0.3) is 0 Å². The number of carbonyl (C=O) groups is 1. The van der Waals surface area contributed by atoms with Gasteiger partial charge in [0.1, 0.15) is 6.61 Å². The quantitative estimate of drug-likeness (QED) is 0.548. The number of ether oxygens (including phenoxy) is 3. The third kappa shape index (κ3) is 11.8. The van der Waals surface area contributed by atoms with Crippen LogP contribution in [-0.4, -0.2) is 44.4 Å².